The summed E-state index contributed by atoms with van der Waals surface area (Å²) in [6, 6.07) is 18.3. The topological polar surface area (TPSA) is 70.5 Å². The van der Waals surface area contributed by atoms with Crippen molar-refractivity contribution in [1.29, 1.82) is 0 Å². The van der Waals surface area contributed by atoms with E-state index in [1.54, 1.807) is 6.92 Å². The zero-order chi connectivity index (χ0) is 25.0. The minimum Gasteiger partial charge on any atom is -0.475 e. The monoisotopic (exact) mass is 490 g/mol. The van der Waals surface area contributed by atoms with Crippen LogP contribution in [0.4, 0.5) is 18.9 Å². The highest BCUT2D eigenvalue weighted by atomic mass is 35.5. The van der Waals surface area contributed by atoms with Gasteiger partial charge in [-0.15, -0.1) is 0 Å². The van der Waals surface area contributed by atoms with Crippen LogP contribution in [-0.4, -0.2) is 28.1 Å². The number of carboxylic acids is 1. The molecule has 34 heavy (non-hydrogen) atoms. The van der Waals surface area contributed by atoms with Gasteiger partial charge in [-0.25, -0.2) is 4.79 Å². The van der Waals surface area contributed by atoms with Crippen LogP contribution in [0, 0.1) is 6.92 Å². The molecule has 1 aliphatic rings. The zero-order valence-electron chi connectivity index (χ0n) is 18.5. The summed E-state index contributed by atoms with van der Waals surface area (Å²) in [5, 5.41) is 7.83. The summed E-state index contributed by atoms with van der Waals surface area (Å²) in [6.07, 6.45) is -3.30. The average molecular weight is 491 g/mol. The molecule has 2 aromatic carbocycles. The van der Waals surface area contributed by atoms with Gasteiger partial charge in [0.2, 0.25) is 5.91 Å². The second kappa shape index (κ2) is 10.3. The van der Waals surface area contributed by atoms with E-state index in [1.807, 2.05) is 48.2 Å². The molecule has 1 aliphatic heterocycles. The molecular formula is C25H22ClF3N2O3. The van der Waals surface area contributed by atoms with Gasteiger partial charge in [-0.2, -0.15) is 13.2 Å². The number of rotatable bonds is 1. The van der Waals surface area contributed by atoms with Crippen molar-refractivity contribution < 1.29 is 27.9 Å². The number of fused-ring (bicyclic) bond motifs is 2. The number of hydrogen-bond acceptors (Lipinski definition) is 3. The molecular weight excluding hydrogens is 469 g/mol. The number of aromatic nitrogens is 1. The maximum Gasteiger partial charge on any atom is 0.490 e. The fraction of sp³-hybridized carbons (Fsp3) is 0.240. The Kier molecular flexibility index (Phi) is 7.61. The van der Waals surface area contributed by atoms with Gasteiger partial charge in [0, 0.05) is 28.9 Å². The van der Waals surface area contributed by atoms with E-state index in [2.05, 4.69) is 23.2 Å². The van der Waals surface area contributed by atoms with Gasteiger partial charge in [0.1, 0.15) is 0 Å². The summed E-state index contributed by atoms with van der Waals surface area (Å²) in [4.78, 5) is 27.8. The van der Waals surface area contributed by atoms with E-state index in [-0.39, 0.29) is 5.91 Å². The molecule has 0 spiro atoms. The summed E-state index contributed by atoms with van der Waals surface area (Å²) in [5.41, 5.74) is 7.55. The molecule has 1 aromatic heterocycles. The minimum atomic E-state index is -5.08. The SMILES string of the molecule is CC(=O)N1Cc2cc(-c3cccc(C)n3)ccc2CCc2cc(Cl)ccc21.O=C(O)C(F)(F)F. The molecule has 0 bridgehead atoms. The number of benzene rings is 2. The Hall–Kier alpha value is -3.39. The van der Waals surface area contributed by atoms with Gasteiger partial charge in [-0.3, -0.25) is 9.78 Å². The van der Waals surface area contributed by atoms with Crippen molar-refractivity contribution in [2.24, 2.45) is 0 Å². The number of carbonyl (C=O) groups excluding carboxylic acids is 1. The first-order valence-corrected chi connectivity index (χ1v) is 10.8. The Balaban J connectivity index is 0.000000406. The van der Waals surface area contributed by atoms with E-state index in [0.29, 0.717) is 11.6 Å². The van der Waals surface area contributed by atoms with Crippen molar-refractivity contribution in [2.75, 3.05) is 4.90 Å². The second-order valence-electron chi connectivity index (χ2n) is 7.83. The molecule has 0 aliphatic carbocycles. The number of carboxylic acid groups (broad SMARTS) is 1. The van der Waals surface area contributed by atoms with E-state index >= 15 is 0 Å². The largest absolute Gasteiger partial charge is 0.490 e. The lowest BCUT2D eigenvalue weighted by Crippen LogP contribution is -2.30. The summed E-state index contributed by atoms with van der Waals surface area (Å²) < 4.78 is 31.7. The van der Waals surface area contributed by atoms with Crippen LogP contribution >= 0.6 is 11.6 Å². The lowest BCUT2D eigenvalue weighted by Gasteiger charge is -2.28. The third-order valence-electron chi connectivity index (χ3n) is 5.34. The van der Waals surface area contributed by atoms with Crippen LogP contribution in [-0.2, 0) is 29.0 Å². The van der Waals surface area contributed by atoms with E-state index < -0.39 is 12.1 Å². The molecule has 2 heterocycles. The third kappa shape index (κ3) is 6.14. The van der Waals surface area contributed by atoms with E-state index in [1.165, 1.54) is 11.1 Å². The molecule has 3 aromatic rings. The number of halogens is 4. The molecule has 9 heteroatoms. The smallest absolute Gasteiger partial charge is 0.475 e. The number of amides is 1. The first kappa shape index (κ1) is 25.2. The van der Waals surface area contributed by atoms with Crippen molar-refractivity contribution in [3.8, 4) is 11.3 Å². The lowest BCUT2D eigenvalue weighted by molar-refractivity contribution is -0.192. The number of nitrogens with zero attached hydrogens (tertiary/aromatic N) is 2. The van der Waals surface area contributed by atoms with Gasteiger partial charge in [-0.05, 0) is 72.9 Å². The molecule has 1 N–H and O–H groups in total. The zero-order valence-corrected chi connectivity index (χ0v) is 19.2. The molecule has 1 amide bonds. The number of aliphatic carboxylic acids is 1. The van der Waals surface area contributed by atoms with E-state index in [9.17, 15) is 18.0 Å². The number of aryl methyl sites for hydroxylation is 3. The Morgan fingerprint density at radius 2 is 1.68 bits per heavy atom. The molecule has 0 unspecified atom stereocenters. The van der Waals surface area contributed by atoms with Crippen LogP contribution in [0.25, 0.3) is 11.3 Å². The standard InChI is InChI=1S/C23H21ClN2O.C2HF3O2/c1-15-4-3-5-22(25-15)18-8-6-17-7-9-19-13-21(24)10-11-23(19)26(16(2)27)14-20(17)12-18;3-2(4,5)1(6)7/h3-6,8,10-13H,7,9,14H2,1-2H3;(H,6,7). The van der Waals surface area contributed by atoms with Crippen molar-refractivity contribution >= 4 is 29.2 Å². The number of anilines is 1. The lowest BCUT2D eigenvalue weighted by atomic mass is 9.93. The normalized spacial score (nSPS) is 12.9. The minimum absolute atomic E-state index is 0.0329. The summed E-state index contributed by atoms with van der Waals surface area (Å²) >= 11 is 6.19. The first-order valence-electron chi connectivity index (χ1n) is 10.4. The predicted molar refractivity (Wildman–Crippen MR) is 124 cm³/mol. The molecule has 0 saturated carbocycles. The van der Waals surface area contributed by atoms with Crippen LogP contribution < -0.4 is 4.90 Å². The van der Waals surface area contributed by atoms with Crippen LogP contribution in [0.1, 0.15) is 29.3 Å². The number of pyridine rings is 1. The number of alkyl halides is 3. The van der Waals surface area contributed by atoms with Crippen LogP contribution in [0.5, 0.6) is 0 Å². The van der Waals surface area contributed by atoms with Gasteiger partial charge in [0.15, 0.2) is 0 Å². The van der Waals surface area contributed by atoms with Crippen molar-refractivity contribution in [3.63, 3.8) is 0 Å². The van der Waals surface area contributed by atoms with Gasteiger partial charge >= 0.3 is 12.1 Å². The highest BCUT2D eigenvalue weighted by Crippen LogP contribution is 2.32. The predicted octanol–water partition coefficient (Wildman–Crippen LogP) is 6.00. The van der Waals surface area contributed by atoms with Crippen LogP contribution in [0.2, 0.25) is 5.02 Å². The average Bonchev–Trinajstić information content (AvgIpc) is 2.75. The highest BCUT2D eigenvalue weighted by Gasteiger charge is 2.38. The van der Waals surface area contributed by atoms with Crippen molar-refractivity contribution in [2.45, 2.75) is 39.4 Å². The van der Waals surface area contributed by atoms with Crippen molar-refractivity contribution in [3.05, 3.63) is 82.0 Å². The van der Waals surface area contributed by atoms with Crippen LogP contribution in [0.15, 0.2) is 54.6 Å². The van der Waals surface area contributed by atoms with Crippen LogP contribution in [0.3, 0.4) is 0 Å². The second-order valence-corrected chi connectivity index (χ2v) is 8.27. The van der Waals surface area contributed by atoms with Gasteiger partial charge in [0.25, 0.3) is 0 Å². The quantitative estimate of drug-likeness (QED) is 0.454. The Morgan fingerprint density at radius 3 is 2.29 bits per heavy atom. The van der Waals surface area contributed by atoms with E-state index in [4.69, 9.17) is 21.5 Å². The van der Waals surface area contributed by atoms with E-state index in [0.717, 1.165) is 41.0 Å². The first-order chi connectivity index (χ1) is 16.0. The number of hydrogen-bond donors (Lipinski definition) is 1. The molecule has 0 atom stereocenters. The molecule has 4 rings (SSSR count). The summed E-state index contributed by atoms with van der Waals surface area (Å²) in [5.74, 6) is -2.72. The highest BCUT2D eigenvalue weighted by molar-refractivity contribution is 6.30. The molecule has 178 valence electrons. The Bertz CT molecular complexity index is 1230. The third-order valence-corrected chi connectivity index (χ3v) is 5.57. The Labute approximate surface area is 199 Å². The molecule has 0 fully saturated rings. The fourth-order valence-corrected chi connectivity index (χ4v) is 3.90. The maximum absolute atomic E-state index is 12.4. The summed E-state index contributed by atoms with van der Waals surface area (Å²) in [6.45, 7) is 4.17. The summed E-state index contributed by atoms with van der Waals surface area (Å²) in [7, 11) is 0. The Morgan fingerprint density at radius 1 is 1.00 bits per heavy atom. The van der Waals surface area contributed by atoms with Gasteiger partial charge in [-0.1, -0.05) is 29.8 Å². The van der Waals surface area contributed by atoms with Crippen molar-refractivity contribution in [1.82, 2.24) is 4.98 Å². The maximum atomic E-state index is 12.4. The molecule has 0 radical (unpaired) electrons. The fourth-order valence-electron chi connectivity index (χ4n) is 3.70. The number of carbonyl (C=O) groups is 2. The molecule has 5 nitrogen and oxygen atoms in total. The molecule has 0 saturated heterocycles. The van der Waals surface area contributed by atoms with Gasteiger partial charge < -0.3 is 10.0 Å². The van der Waals surface area contributed by atoms with Gasteiger partial charge in [0.05, 0.1) is 12.2 Å².